The molecular weight excluding hydrogens is 236 g/mol. The van der Waals surface area contributed by atoms with E-state index in [1.54, 1.807) is 7.11 Å². The maximum Gasteiger partial charge on any atom is 0.119 e. The van der Waals surface area contributed by atoms with E-state index in [0.717, 1.165) is 31.3 Å². The maximum absolute atomic E-state index is 5.33. The molecule has 106 valence electrons. The summed E-state index contributed by atoms with van der Waals surface area (Å²) in [6, 6.07) is 9.61. The van der Waals surface area contributed by atoms with Gasteiger partial charge in [-0.05, 0) is 50.6 Å². The van der Waals surface area contributed by atoms with Crippen molar-refractivity contribution in [2.75, 3.05) is 27.2 Å². The molecule has 0 bridgehead atoms. The van der Waals surface area contributed by atoms with Gasteiger partial charge in [0.25, 0.3) is 0 Å². The Morgan fingerprint density at radius 1 is 1.42 bits per heavy atom. The van der Waals surface area contributed by atoms with Gasteiger partial charge in [0.15, 0.2) is 0 Å². The summed E-state index contributed by atoms with van der Waals surface area (Å²) in [5.74, 6) is 0.940. The van der Waals surface area contributed by atoms with Crippen molar-refractivity contribution in [2.24, 2.45) is 0 Å². The molecule has 0 spiro atoms. The molecule has 0 heterocycles. The van der Waals surface area contributed by atoms with E-state index in [2.05, 4.69) is 42.4 Å². The smallest absolute Gasteiger partial charge is 0.119 e. The fraction of sp³-hybridized carbons (Fsp3) is 0.625. The van der Waals surface area contributed by atoms with Crippen LogP contribution in [0, 0.1) is 0 Å². The molecule has 0 saturated heterocycles. The number of methoxy groups -OCH3 is 1. The molecule has 0 aromatic heterocycles. The number of hydrogen-bond donors (Lipinski definition) is 1. The lowest BCUT2D eigenvalue weighted by Gasteiger charge is -2.25. The number of rotatable bonds is 8. The monoisotopic (exact) mass is 262 g/mol. The topological polar surface area (TPSA) is 24.5 Å². The Labute approximate surface area is 116 Å². The summed E-state index contributed by atoms with van der Waals surface area (Å²) in [5.41, 5.74) is 1.32. The number of benzene rings is 1. The van der Waals surface area contributed by atoms with Crippen molar-refractivity contribution in [1.82, 2.24) is 10.2 Å². The zero-order valence-corrected chi connectivity index (χ0v) is 12.4. The summed E-state index contributed by atoms with van der Waals surface area (Å²) in [4.78, 5) is 2.48. The van der Waals surface area contributed by atoms with Gasteiger partial charge in [-0.3, -0.25) is 0 Å². The average molecular weight is 262 g/mol. The Kier molecular flexibility index (Phi) is 5.23. The summed E-state index contributed by atoms with van der Waals surface area (Å²) >= 11 is 0. The molecule has 2 rings (SSSR count). The number of ether oxygens (including phenoxy) is 1. The van der Waals surface area contributed by atoms with Crippen LogP contribution in [-0.2, 0) is 0 Å². The Bertz CT molecular complexity index is 390. The second kappa shape index (κ2) is 6.92. The Hall–Kier alpha value is -1.06. The van der Waals surface area contributed by atoms with E-state index in [4.69, 9.17) is 4.74 Å². The fourth-order valence-electron chi connectivity index (χ4n) is 2.42. The first-order valence-corrected chi connectivity index (χ1v) is 7.32. The second-order valence-corrected chi connectivity index (χ2v) is 5.45. The van der Waals surface area contributed by atoms with Crippen LogP contribution in [0.25, 0.3) is 0 Å². The van der Waals surface area contributed by atoms with Crippen LogP contribution in [0.15, 0.2) is 24.3 Å². The highest BCUT2D eigenvalue weighted by Gasteiger charge is 2.28. The van der Waals surface area contributed by atoms with Crippen molar-refractivity contribution < 1.29 is 4.74 Å². The van der Waals surface area contributed by atoms with E-state index < -0.39 is 0 Å². The largest absolute Gasteiger partial charge is 0.497 e. The van der Waals surface area contributed by atoms with Crippen LogP contribution in [0.1, 0.15) is 37.8 Å². The van der Waals surface area contributed by atoms with Crippen LogP contribution in [0.2, 0.25) is 0 Å². The van der Waals surface area contributed by atoms with Gasteiger partial charge in [0.2, 0.25) is 0 Å². The van der Waals surface area contributed by atoms with Gasteiger partial charge in [-0.2, -0.15) is 0 Å². The number of nitrogens with zero attached hydrogens (tertiary/aromatic N) is 1. The predicted octanol–water partition coefficient (Wildman–Crippen LogP) is 2.83. The zero-order valence-electron chi connectivity index (χ0n) is 12.4. The summed E-state index contributed by atoms with van der Waals surface area (Å²) in [7, 11) is 3.96. The minimum absolute atomic E-state index is 0.389. The highest BCUT2D eigenvalue weighted by molar-refractivity contribution is 5.30. The summed E-state index contributed by atoms with van der Waals surface area (Å²) in [6.07, 6.45) is 3.87. The van der Waals surface area contributed by atoms with E-state index in [-0.39, 0.29) is 0 Å². The molecule has 3 nitrogen and oxygen atoms in total. The predicted molar refractivity (Wildman–Crippen MR) is 79.7 cm³/mol. The van der Waals surface area contributed by atoms with Crippen molar-refractivity contribution >= 4 is 0 Å². The first-order chi connectivity index (χ1) is 9.24. The summed E-state index contributed by atoms with van der Waals surface area (Å²) in [5, 5.41) is 3.65. The third-order valence-corrected chi connectivity index (χ3v) is 3.78. The summed E-state index contributed by atoms with van der Waals surface area (Å²) in [6.45, 7) is 4.33. The normalized spacial score (nSPS) is 16.6. The molecule has 1 saturated carbocycles. The van der Waals surface area contributed by atoms with Crippen molar-refractivity contribution in [1.29, 1.82) is 0 Å². The molecule has 1 fully saturated rings. The quantitative estimate of drug-likeness (QED) is 0.779. The summed E-state index contributed by atoms with van der Waals surface area (Å²) < 4.78 is 5.33. The lowest BCUT2D eigenvalue weighted by atomic mass is 10.1. The van der Waals surface area contributed by atoms with Crippen LogP contribution in [0.3, 0.4) is 0 Å². The van der Waals surface area contributed by atoms with Gasteiger partial charge in [-0.1, -0.05) is 19.1 Å². The van der Waals surface area contributed by atoms with Crippen molar-refractivity contribution in [2.45, 2.75) is 38.3 Å². The van der Waals surface area contributed by atoms with Gasteiger partial charge in [0.1, 0.15) is 5.75 Å². The minimum atomic E-state index is 0.389. The SMILES string of the molecule is CCCNC(CN(C)C1CC1)c1cccc(OC)c1. The molecule has 0 aliphatic heterocycles. The third-order valence-electron chi connectivity index (χ3n) is 3.78. The Morgan fingerprint density at radius 2 is 2.21 bits per heavy atom. The standard InChI is InChI=1S/C16H26N2O/c1-4-10-17-16(12-18(2)14-8-9-14)13-6-5-7-15(11-13)19-3/h5-7,11,14,16-17H,4,8-10,12H2,1-3H3. The molecular formula is C16H26N2O. The maximum atomic E-state index is 5.33. The van der Waals surface area contributed by atoms with Gasteiger partial charge in [0, 0.05) is 18.6 Å². The molecule has 1 unspecified atom stereocenters. The number of nitrogens with one attached hydrogen (secondary N) is 1. The third kappa shape index (κ3) is 4.22. The zero-order chi connectivity index (χ0) is 13.7. The van der Waals surface area contributed by atoms with E-state index in [1.807, 2.05) is 6.07 Å². The lowest BCUT2D eigenvalue weighted by Crippen LogP contribution is -2.34. The van der Waals surface area contributed by atoms with Gasteiger partial charge in [-0.25, -0.2) is 0 Å². The van der Waals surface area contributed by atoms with Crippen molar-refractivity contribution in [3.63, 3.8) is 0 Å². The minimum Gasteiger partial charge on any atom is -0.497 e. The molecule has 1 aliphatic rings. The molecule has 0 radical (unpaired) electrons. The van der Waals surface area contributed by atoms with Gasteiger partial charge >= 0.3 is 0 Å². The molecule has 19 heavy (non-hydrogen) atoms. The molecule has 1 aromatic carbocycles. The fourth-order valence-corrected chi connectivity index (χ4v) is 2.42. The average Bonchev–Trinajstić information content (AvgIpc) is 3.27. The second-order valence-electron chi connectivity index (χ2n) is 5.45. The van der Waals surface area contributed by atoms with Crippen LogP contribution >= 0.6 is 0 Å². The molecule has 3 heteroatoms. The Morgan fingerprint density at radius 3 is 2.84 bits per heavy atom. The van der Waals surface area contributed by atoms with E-state index >= 15 is 0 Å². The lowest BCUT2D eigenvalue weighted by molar-refractivity contribution is 0.281. The van der Waals surface area contributed by atoms with Gasteiger partial charge in [-0.15, -0.1) is 0 Å². The van der Waals surface area contributed by atoms with Crippen LogP contribution in [0.5, 0.6) is 5.75 Å². The molecule has 1 aromatic rings. The molecule has 1 aliphatic carbocycles. The first kappa shape index (κ1) is 14.4. The number of likely N-dealkylation sites (N-methyl/N-ethyl adjacent to an activating group) is 1. The first-order valence-electron chi connectivity index (χ1n) is 7.32. The number of hydrogen-bond acceptors (Lipinski definition) is 3. The van der Waals surface area contributed by atoms with Gasteiger partial charge in [0.05, 0.1) is 7.11 Å². The van der Waals surface area contributed by atoms with Crippen LogP contribution in [-0.4, -0.2) is 38.2 Å². The molecule has 1 N–H and O–H groups in total. The van der Waals surface area contributed by atoms with Crippen LogP contribution in [0.4, 0.5) is 0 Å². The highest BCUT2D eigenvalue weighted by Crippen LogP contribution is 2.28. The Balaban J connectivity index is 2.05. The van der Waals surface area contributed by atoms with Crippen LogP contribution < -0.4 is 10.1 Å². The molecule has 1 atom stereocenters. The van der Waals surface area contributed by atoms with Gasteiger partial charge < -0.3 is 15.0 Å². The molecule has 0 amide bonds. The van der Waals surface area contributed by atoms with Crippen molar-refractivity contribution in [3.8, 4) is 5.75 Å². The van der Waals surface area contributed by atoms with E-state index in [1.165, 1.54) is 18.4 Å². The van der Waals surface area contributed by atoms with Crippen molar-refractivity contribution in [3.05, 3.63) is 29.8 Å². The van der Waals surface area contributed by atoms with E-state index in [9.17, 15) is 0 Å². The van der Waals surface area contributed by atoms with E-state index in [0.29, 0.717) is 6.04 Å². The highest BCUT2D eigenvalue weighted by atomic mass is 16.5.